The van der Waals surface area contributed by atoms with Crippen molar-refractivity contribution in [2.75, 3.05) is 33.9 Å². The third kappa shape index (κ3) is 6.79. The molecule has 0 aliphatic carbocycles. The van der Waals surface area contributed by atoms with Gasteiger partial charge in [-0.3, -0.25) is 4.79 Å². The maximum Gasteiger partial charge on any atom is 0.416 e. The first-order valence-electron chi connectivity index (χ1n) is 12.7. The standard InChI is InChI=1S/C26H31F3N2O8S/c1-35-20-10-11-21(23(24(20)36-2)25(32)30-39-22-5-3-4-16-37-22)40(33,34)31-14-12-19(13-15-31)38-18-8-6-17(7-9-18)26(27,28)29/h6-11,19,22H,3-5,12-16H2,1-2H3,(H,30,32). The zero-order valence-corrected chi connectivity index (χ0v) is 22.8. The molecule has 2 heterocycles. The molecule has 2 aliphatic heterocycles. The van der Waals surface area contributed by atoms with Gasteiger partial charge in [-0.15, -0.1) is 0 Å². The van der Waals surface area contributed by atoms with Crippen molar-refractivity contribution in [3.05, 3.63) is 47.5 Å². The molecule has 0 aromatic heterocycles. The van der Waals surface area contributed by atoms with E-state index in [2.05, 4.69) is 5.48 Å². The summed E-state index contributed by atoms with van der Waals surface area (Å²) in [4.78, 5) is 18.3. The highest BCUT2D eigenvalue weighted by molar-refractivity contribution is 7.89. The average molecular weight is 589 g/mol. The maximum absolute atomic E-state index is 13.7. The Hall–Kier alpha value is -3.07. The summed E-state index contributed by atoms with van der Waals surface area (Å²) in [5.74, 6) is -0.502. The van der Waals surface area contributed by atoms with Gasteiger partial charge in [0.25, 0.3) is 5.91 Å². The zero-order chi connectivity index (χ0) is 28.9. The molecule has 1 amide bonds. The molecule has 0 radical (unpaired) electrons. The fraction of sp³-hybridized carbons (Fsp3) is 0.500. The number of methoxy groups -OCH3 is 2. The van der Waals surface area contributed by atoms with E-state index < -0.39 is 40.1 Å². The molecule has 10 nitrogen and oxygen atoms in total. The number of sulfonamides is 1. The predicted molar refractivity (Wildman–Crippen MR) is 136 cm³/mol. The minimum absolute atomic E-state index is 0.0649. The van der Waals surface area contributed by atoms with Gasteiger partial charge in [0.1, 0.15) is 17.4 Å². The topological polar surface area (TPSA) is 113 Å². The number of hydrogen-bond acceptors (Lipinski definition) is 8. The van der Waals surface area contributed by atoms with Gasteiger partial charge in [0.15, 0.2) is 17.8 Å². The molecular weight excluding hydrogens is 557 g/mol. The van der Waals surface area contributed by atoms with Gasteiger partial charge in [0.05, 0.1) is 24.7 Å². The molecule has 1 unspecified atom stereocenters. The minimum atomic E-state index is -4.45. The van der Waals surface area contributed by atoms with Crippen LogP contribution in [0.3, 0.4) is 0 Å². The number of carbonyl (C=O) groups excluding carboxylic acids is 1. The first kappa shape index (κ1) is 29.9. The Bertz CT molecular complexity index is 1270. The van der Waals surface area contributed by atoms with E-state index in [0.29, 0.717) is 13.0 Å². The van der Waals surface area contributed by atoms with Crippen molar-refractivity contribution in [1.82, 2.24) is 9.79 Å². The van der Waals surface area contributed by atoms with E-state index in [1.807, 2.05) is 0 Å². The lowest BCUT2D eigenvalue weighted by Crippen LogP contribution is -2.42. The lowest BCUT2D eigenvalue weighted by atomic mass is 10.1. The van der Waals surface area contributed by atoms with E-state index in [4.69, 9.17) is 23.8 Å². The van der Waals surface area contributed by atoms with Gasteiger partial charge >= 0.3 is 6.18 Å². The summed E-state index contributed by atoms with van der Waals surface area (Å²) in [6.45, 7) is 0.617. The number of hydroxylamine groups is 1. The second-order valence-corrected chi connectivity index (χ2v) is 11.2. The highest BCUT2D eigenvalue weighted by Crippen LogP contribution is 2.37. The Morgan fingerprint density at radius 2 is 1.70 bits per heavy atom. The van der Waals surface area contributed by atoms with E-state index in [0.717, 1.165) is 25.0 Å². The van der Waals surface area contributed by atoms with Crippen LogP contribution in [0.25, 0.3) is 0 Å². The predicted octanol–water partition coefficient (Wildman–Crippen LogP) is 4.14. The Labute approximate surface area is 230 Å². The molecule has 0 saturated carbocycles. The van der Waals surface area contributed by atoms with Crippen molar-refractivity contribution >= 4 is 15.9 Å². The van der Waals surface area contributed by atoms with Crippen LogP contribution in [-0.4, -0.2) is 64.9 Å². The van der Waals surface area contributed by atoms with Crippen molar-refractivity contribution in [3.63, 3.8) is 0 Å². The number of rotatable bonds is 9. The lowest BCUT2D eigenvalue weighted by Gasteiger charge is -2.32. The van der Waals surface area contributed by atoms with Crippen molar-refractivity contribution in [3.8, 4) is 17.2 Å². The maximum atomic E-state index is 13.7. The summed E-state index contributed by atoms with van der Waals surface area (Å²) >= 11 is 0. The van der Waals surface area contributed by atoms with Crippen molar-refractivity contribution in [2.24, 2.45) is 0 Å². The smallest absolute Gasteiger partial charge is 0.416 e. The fourth-order valence-electron chi connectivity index (χ4n) is 4.56. The van der Waals surface area contributed by atoms with Crippen molar-refractivity contribution < 1.29 is 50.2 Å². The minimum Gasteiger partial charge on any atom is -0.493 e. The van der Waals surface area contributed by atoms with Crippen molar-refractivity contribution in [1.29, 1.82) is 0 Å². The number of nitrogens with zero attached hydrogens (tertiary/aromatic N) is 1. The summed E-state index contributed by atoms with van der Waals surface area (Å²) < 4.78 is 89.0. The molecule has 4 rings (SSSR count). The quantitative estimate of drug-likeness (QED) is 0.435. The SMILES string of the molecule is COc1ccc(S(=O)(=O)N2CCC(Oc3ccc(C(F)(F)F)cc3)CC2)c(C(=O)NOC2CCCCO2)c1OC. The monoisotopic (exact) mass is 588 g/mol. The summed E-state index contributed by atoms with van der Waals surface area (Å²) in [5.41, 5.74) is 1.22. The number of nitrogens with one attached hydrogen (secondary N) is 1. The van der Waals surface area contributed by atoms with Gasteiger partial charge in [0.2, 0.25) is 10.0 Å². The van der Waals surface area contributed by atoms with E-state index in [1.165, 1.54) is 42.8 Å². The van der Waals surface area contributed by atoms with Crippen LogP contribution < -0.4 is 19.7 Å². The Morgan fingerprint density at radius 1 is 1.00 bits per heavy atom. The molecule has 1 atom stereocenters. The number of hydrogen-bond donors (Lipinski definition) is 1. The Balaban J connectivity index is 1.49. The third-order valence-corrected chi connectivity index (χ3v) is 8.60. The molecule has 0 bridgehead atoms. The highest BCUT2D eigenvalue weighted by Gasteiger charge is 2.36. The second-order valence-electron chi connectivity index (χ2n) is 9.26. The van der Waals surface area contributed by atoms with E-state index in [1.54, 1.807) is 0 Å². The number of halogens is 3. The van der Waals surface area contributed by atoms with Gasteiger partial charge in [-0.25, -0.2) is 18.7 Å². The van der Waals surface area contributed by atoms with Crippen LogP contribution in [0, 0.1) is 0 Å². The number of piperidine rings is 1. The third-order valence-electron chi connectivity index (χ3n) is 6.66. The van der Waals surface area contributed by atoms with Crippen LogP contribution in [0.5, 0.6) is 17.2 Å². The number of alkyl halides is 3. The molecule has 2 aliphatic rings. The molecule has 2 aromatic carbocycles. The number of benzene rings is 2. The summed E-state index contributed by atoms with van der Waals surface area (Å²) in [5, 5.41) is 0. The first-order chi connectivity index (χ1) is 19.0. The zero-order valence-electron chi connectivity index (χ0n) is 22.0. The van der Waals surface area contributed by atoms with Crippen LogP contribution in [0.2, 0.25) is 0 Å². The molecule has 2 saturated heterocycles. The van der Waals surface area contributed by atoms with E-state index in [9.17, 15) is 26.4 Å². The molecule has 14 heteroatoms. The number of amides is 1. The van der Waals surface area contributed by atoms with Crippen LogP contribution in [0.1, 0.15) is 48.0 Å². The van der Waals surface area contributed by atoms with Gasteiger partial charge in [-0.2, -0.15) is 17.5 Å². The molecule has 2 aromatic rings. The van der Waals surface area contributed by atoms with Gasteiger partial charge < -0.3 is 18.9 Å². The second kappa shape index (κ2) is 12.6. The molecule has 0 spiro atoms. The van der Waals surface area contributed by atoms with E-state index in [-0.39, 0.29) is 53.6 Å². The van der Waals surface area contributed by atoms with Crippen LogP contribution in [0.4, 0.5) is 13.2 Å². The molecule has 2 fully saturated rings. The first-order valence-corrected chi connectivity index (χ1v) is 14.1. The van der Waals surface area contributed by atoms with E-state index >= 15 is 0 Å². The molecule has 40 heavy (non-hydrogen) atoms. The average Bonchev–Trinajstić information content (AvgIpc) is 2.95. The number of ether oxygens (including phenoxy) is 4. The summed E-state index contributed by atoms with van der Waals surface area (Å²) in [6, 6.07) is 7.01. The molecule has 220 valence electrons. The highest BCUT2D eigenvalue weighted by atomic mass is 32.2. The van der Waals surface area contributed by atoms with Crippen LogP contribution in [0.15, 0.2) is 41.3 Å². The number of carbonyl (C=O) groups is 1. The Morgan fingerprint density at radius 3 is 2.27 bits per heavy atom. The lowest BCUT2D eigenvalue weighted by molar-refractivity contribution is -0.186. The molecular formula is C26H31F3N2O8S. The van der Waals surface area contributed by atoms with Gasteiger partial charge in [-0.05, 0) is 62.1 Å². The summed E-state index contributed by atoms with van der Waals surface area (Å²) in [7, 11) is -1.53. The molecule has 1 N–H and O–H groups in total. The fourth-order valence-corrected chi connectivity index (χ4v) is 6.21. The largest absolute Gasteiger partial charge is 0.493 e. The summed E-state index contributed by atoms with van der Waals surface area (Å²) in [6.07, 6.45) is -2.61. The Kier molecular flexibility index (Phi) is 9.44. The van der Waals surface area contributed by atoms with Crippen LogP contribution in [-0.2, 0) is 25.8 Å². The van der Waals surface area contributed by atoms with Gasteiger partial charge in [0, 0.05) is 26.1 Å². The van der Waals surface area contributed by atoms with Gasteiger partial charge in [-0.1, -0.05) is 0 Å². The normalized spacial score (nSPS) is 19.2. The van der Waals surface area contributed by atoms with Crippen LogP contribution >= 0.6 is 0 Å². The van der Waals surface area contributed by atoms with Crippen molar-refractivity contribution in [2.45, 2.75) is 55.6 Å².